The lowest BCUT2D eigenvalue weighted by molar-refractivity contribution is 0.0948. The fourth-order valence-corrected chi connectivity index (χ4v) is 1.73. The number of phenolic OH excluding ortho intramolecular Hbond substituents is 1. The number of hydrogen-bond donors (Lipinski definition) is 2. The van der Waals surface area contributed by atoms with Crippen molar-refractivity contribution in [1.29, 1.82) is 0 Å². The summed E-state index contributed by atoms with van der Waals surface area (Å²) in [6.07, 6.45) is 0. The number of aromatic hydroxyl groups is 1. The maximum Gasteiger partial charge on any atom is 0.255 e. The predicted octanol–water partition coefficient (Wildman–Crippen LogP) is 2.33. The molecule has 1 amide bonds. The van der Waals surface area contributed by atoms with Crippen molar-refractivity contribution < 1.29 is 14.6 Å². The first-order valence-electron chi connectivity index (χ1n) is 5.90. The quantitative estimate of drug-likeness (QED) is 0.883. The summed E-state index contributed by atoms with van der Waals surface area (Å²) in [4.78, 5) is 11.9. The van der Waals surface area contributed by atoms with Gasteiger partial charge in [-0.2, -0.15) is 0 Å². The summed E-state index contributed by atoms with van der Waals surface area (Å²) in [5.74, 6) is 0.417. The highest BCUT2D eigenvalue weighted by Gasteiger charge is 2.09. The molecule has 0 heterocycles. The number of phenols is 1. The number of hydrogen-bond acceptors (Lipinski definition) is 3. The van der Waals surface area contributed by atoms with Crippen LogP contribution in [0.5, 0.6) is 11.5 Å². The fourth-order valence-electron chi connectivity index (χ4n) is 1.73. The molecule has 0 spiro atoms. The van der Waals surface area contributed by atoms with Gasteiger partial charge in [0.25, 0.3) is 5.91 Å². The Bertz CT molecular complexity index is 581. The van der Waals surface area contributed by atoms with Crippen LogP contribution in [-0.2, 0) is 6.54 Å². The Morgan fingerprint density at radius 3 is 2.74 bits per heavy atom. The SMILES string of the molecule is COc1cccc(CNC(=O)c2ccccc2O)c1. The number of methoxy groups -OCH3 is 1. The summed E-state index contributed by atoms with van der Waals surface area (Å²) in [6, 6.07) is 13.9. The van der Waals surface area contributed by atoms with Crippen LogP contribution in [0.1, 0.15) is 15.9 Å². The molecule has 0 saturated heterocycles. The first-order valence-corrected chi connectivity index (χ1v) is 5.90. The van der Waals surface area contributed by atoms with Gasteiger partial charge in [-0.25, -0.2) is 0 Å². The number of nitrogens with one attached hydrogen (secondary N) is 1. The lowest BCUT2D eigenvalue weighted by Crippen LogP contribution is -2.22. The Morgan fingerprint density at radius 1 is 1.21 bits per heavy atom. The highest BCUT2D eigenvalue weighted by atomic mass is 16.5. The van der Waals surface area contributed by atoms with E-state index in [0.717, 1.165) is 11.3 Å². The average molecular weight is 257 g/mol. The van der Waals surface area contributed by atoms with Crippen molar-refractivity contribution in [3.63, 3.8) is 0 Å². The van der Waals surface area contributed by atoms with Crippen molar-refractivity contribution in [2.75, 3.05) is 7.11 Å². The Morgan fingerprint density at radius 2 is 2.00 bits per heavy atom. The van der Waals surface area contributed by atoms with Crippen LogP contribution in [0.2, 0.25) is 0 Å². The van der Waals surface area contributed by atoms with Gasteiger partial charge in [0.2, 0.25) is 0 Å². The van der Waals surface area contributed by atoms with E-state index in [1.807, 2.05) is 24.3 Å². The molecule has 0 atom stereocenters. The summed E-state index contributed by atoms with van der Waals surface area (Å²) >= 11 is 0. The zero-order valence-corrected chi connectivity index (χ0v) is 10.6. The van der Waals surface area contributed by atoms with E-state index >= 15 is 0 Å². The Hall–Kier alpha value is -2.49. The van der Waals surface area contributed by atoms with E-state index in [9.17, 15) is 9.90 Å². The van der Waals surface area contributed by atoms with E-state index < -0.39 is 0 Å². The maximum absolute atomic E-state index is 11.9. The Kier molecular flexibility index (Phi) is 4.03. The zero-order valence-electron chi connectivity index (χ0n) is 10.6. The van der Waals surface area contributed by atoms with Crippen molar-refractivity contribution in [3.8, 4) is 11.5 Å². The third-order valence-corrected chi connectivity index (χ3v) is 2.74. The number of rotatable bonds is 4. The van der Waals surface area contributed by atoms with Gasteiger partial charge < -0.3 is 15.2 Å². The maximum atomic E-state index is 11.9. The number of carbonyl (C=O) groups excluding carboxylic acids is 1. The van der Waals surface area contributed by atoms with Gasteiger partial charge in [0.15, 0.2) is 0 Å². The summed E-state index contributed by atoms with van der Waals surface area (Å²) < 4.78 is 5.11. The molecular formula is C15H15NO3. The molecule has 2 N–H and O–H groups in total. The molecular weight excluding hydrogens is 242 g/mol. The van der Waals surface area contributed by atoms with Crippen LogP contribution in [0.25, 0.3) is 0 Å². The molecule has 19 heavy (non-hydrogen) atoms. The second-order valence-corrected chi connectivity index (χ2v) is 4.05. The summed E-state index contributed by atoms with van der Waals surface area (Å²) in [6.45, 7) is 0.379. The molecule has 0 fully saturated rings. The molecule has 4 nitrogen and oxygen atoms in total. The number of benzene rings is 2. The summed E-state index contributed by atoms with van der Waals surface area (Å²) in [7, 11) is 1.60. The van der Waals surface area contributed by atoms with Crippen LogP contribution >= 0.6 is 0 Å². The molecule has 0 unspecified atom stereocenters. The molecule has 0 radical (unpaired) electrons. The second-order valence-electron chi connectivity index (χ2n) is 4.05. The van der Waals surface area contributed by atoms with Gasteiger partial charge in [-0.3, -0.25) is 4.79 Å². The minimum absolute atomic E-state index is 0.0226. The number of amides is 1. The number of carbonyl (C=O) groups is 1. The van der Waals surface area contributed by atoms with Gasteiger partial charge in [0.1, 0.15) is 11.5 Å². The predicted molar refractivity (Wildman–Crippen MR) is 72.3 cm³/mol. The molecule has 0 bridgehead atoms. The minimum Gasteiger partial charge on any atom is -0.507 e. The first kappa shape index (κ1) is 13.0. The van der Waals surface area contributed by atoms with Crippen molar-refractivity contribution in [2.45, 2.75) is 6.54 Å². The van der Waals surface area contributed by atoms with E-state index in [0.29, 0.717) is 6.54 Å². The smallest absolute Gasteiger partial charge is 0.255 e. The van der Waals surface area contributed by atoms with Crippen molar-refractivity contribution in [1.82, 2.24) is 5.32 Å². The van der Waals surface area contributed by atoms with Crippen LogP contribution < -0.4 is 10.1 Å². The van der Waals surface area contributed by atoms with Crippen LogP contribution in [0, 0.1) is 0 Å². The van der Waals surface area contributed by atoms with Gasteiger partial charge in [0, 0.05) is 6.54 Å². The first-order chi connectivity index (χ1) is 9.20. The Balaban J connectivity index is 2.02. The summed E-state index contributed by atoms with van der Waals surface area (Å²) in [5, 5.41) is 12.3. The van der Waals surface area contributed by atoms with Crippen molar-refractivity contribution in [3.05, 3.63) is 59.7 Å². The van der Waals surface area contributed by atoms with Gasteiger partial charge in [-0.1, -0.05) is 24.3 Å². The molecule has 2 aromatic rings. The topological polar surface area (TPSA) is 58.6 Å². The highest BCUT2D eigenvalue weighted by Crippen LogP contribution is 2.16. The zero-order chi connectivity index (χ0) is 13.7. The monoisotopic (exact) mass is 257 g/mol. The lowest BCUT2D eigenvalue weighted by atomic mass is 10.1. The number of para-hydroxylation sites is 1. The van der Waals surface area contributed by atoms with Crippen molar-refractivity contribution >= 4 is 5.91 Å². The molecule has 98 valence electrons. The van der Waals surface area contributed by atoms with E-state index in [1.165, 1.54) is 6.07 Å². The van der Waals surface area contributed by atoms with Crippen LogP contribution in [-0.4, -0.2) is 18.1 Å². The molecule has 2 aromatic carbocycles. The Labute approximate surface area is 111 Å². The molecule has 4 heteroatoms. The highest BCUT2D eigenvalue weighted by molar-refractivity contribution is 5.96. The minimum atomic E-state index is -0.305. The normalized spacial score (nSPS) is 9.95. The standard InChI is InChI=1S/C15H15NO3/c1-19-12-6-4-5-11(9-12)10-16-15(18)13-7-2-3-8-14(13)17/h2-9,17H,10H2,1H3,(H,16,18). The van der Waals surface area contributed by atoms with Gasteiger partial charge >= 0.3 is 0 Å². The second kappa shape index (κ2) is 5.91. The molecule has 0 aliphatic carbocycles. The third-order valence-electron chi connectivity index (χ3n) is 2.74. The van der Waals surface area contributed by atoms with Gasteiger partial charge in [-0.15, -0.1) is 0 Å². The molecule has 0 aliphatic rings. The van der Waals surface area contributed by atoms with E-state index in [1.54, 1.807) is 25.3 Å². The molecule has 0 aliphatic heterocycles. The lowest BCUT2D eigenvalue weighted by Gasteiger charge is -2.08. The fraction of sp³-hybridized carbons (Fsp3) is 0.133. The van der Waals surface area contributed by atoms with E-state index in [-0.39, 0.29) is 17.2 Å². The van der Waals surface area contributed by atoms with Crippen LogP contribution in [0.15, 0.2) is 48.5 Å². The third kappa shape index (κ3) is 3.25. The van der Waals surface area contributed by atoms with Gasteiger partial charge in [-0.05, 0) is 29.8 Å². The van der Waals surface area contributed by atoms with E-state index in [4.69, 9.17) is 4.74 Å². The van der Waals surface area contributed by atoms with Crippen LogP contribution in [0.3, 0.4) is 0 Å². The molecule has 2 rings (SSSR count). The number of ether oxygens (including phenoxy) is 1. The largest absolute Gasteiger partial charge is 0.507 e. The van der Waals surface area contributed by atoms with Crippen molar-refractivity contribution in [2.24, 2.45) is 0 Å². The molecule has 0 aromatic heterocycles. The average Bonchev–Trinajstić information content (AvgIpc) is 2.45. The van der Waals surface area contributed by atoms with Gasteiger partial charge in [0.05, 0.1) is 12.7 Å². The van der Waals surface area contributed by atoms with E-state index in [2.05, 4.69) is 5.32 Å². The molecule has 0 saturated carbocycles. The van der Waals surface area contributed by atoms with Crippen LogP contribution in [0.4, 0.5) is 0 Å². The summed E-state index contributed by atoms with van der Waals surface area (Å²) in [5.41, 5.74) is 1.20.